The molecule has 2 heterocycles. The second-order valence-corrected chi connectivity index (χ2v) is 7.87. The van der Waals surface area contributed by atoms with E-state index in [1.54, 1.807) is 46.6 Å². The maximum Gasteiger partial charge on any atom is 0.249 e. The lowest BCUT2D eigenvalue weighted by Gasteiger charge is -2.08. The molecule has 0 radical (unpaired) electrons. The number of amides is 1. The quantitative estimate of drug-likeness (QED) is 0.370. The first-order valence-electron chi connectivity index (χ1n) is 10.2. The summed E-state index contributed by atoms with van der Waals surface area (Å²) in [5.41, 5.74) is 2.21. The first-order chi connectivity index (χ1) is 16.5. The lowest BCUT2D eigenvalue weighted by Crippen LogP contribution is -2.15. The van der Waals surface area contributed by atoms with Gasteiger partial charge >= 0.3 is 0 Å². The van der Waals surface area contributed by atoms with Crippen molar-refractivity contribution in [2.24, 2.45) is 0 Å². The minimum Gasteiger partial charge on any atom is -0.497 e. The lowest BCUT2D eigenvalue weighted by atomic mass is 10.2. The molecule has 1 amide bonds. The minimum absolute atomic E-state index is 0.0829. The Hall–Kier alpha value is -4.12. The topological polar surface area (TPSA) is 120 Å². The molecule has 0 bridgehead atoms. The van der Waals surface area contributed by atoms with Crippen molar-refractivity contribution in [3.63, 3.8) is 0 Å². The summed E-state index contributed by atoms with van der Waals surface area (Å²) in [6, 6.07) is 10.9. The van der Waals surface area contributed by atoms with Gasteiger partial charge in [-0.05, 0) is 30.3 Å². The molecule has 0 saturated heterocycles. The number of thiazole rings is 1. The van der Waals surface area contributed by atoms with Crippen LogP contribution in [0.5, 0.6) is 23.0 Å². The average Bonchev–Trinajstić information content (AvgIpc) is 3.52. The average molecular weight is 482 g/mol. The van der Waals surface area contributed by atoms with Gasteiger partial charge in [-0.25, -0.2) is 4.98 Å². The van der Waals surface area contributed by atoms with Crippen molar-refractivity contribution >= 4 is 23.2 Å². The number of carbonyl (C=O) groups excluding carboxylic acids is 1. The van der Waals surface area contributed by atoms with Crippen LogP contribution in [0.2, 0.25) is 0 Å². The fourth-order valence-corrected chi connectivity index (χ4v) is 4.07. The smallest absolute Gasteiger partial charge is 0.249 e. The van der Waals surface area contributed by atoms with E-state index in [-0.39, 0.29) is 18.3 Å². The van der Waals surface area contributed by atoms with Gasteiger partial charge in [-0.1, -0.05) is 0 Å². The predicted molar refractivity (Wildman–Crippen MR) is 128 cm³/mol. The number of hydrogen-bond donors (Lipinski definition) is 2. The SMILES string of the molecule is COc1ccc(-c2nc(NC(=O)Cc3csc(-c4ccc(OC)c(OC)c4)n3)n[nH]2)c(OC)c1. The van der Waals surface area contributed by atoms with Crippen molar-refractivity contribution in [3.05, 3.63) is 47.5 Å². The molecule has 0 aliphatic rings. The monoisotopic (exact) mass is 481 g/mol. The fourth-order valence-electron chi connectivity index (χ4n) is 3.26. The van der Waals surface area contributed by atoms with Gasteiger partial charge in [0.2, 0.25) is 11.9 Å². The number of rotatable bonds is 9. The summed E-state index contributed by atoms with van der Waals surface area (Å²) in [5, 5.41) is 12.2. The molecule has 4 aromatic rings. The van der Waals surface area contributed by atoms with Crippen molar-refractivity contribution in [1.82, 2.24) is 20.2 Å². The highest BCUT2D eigenvalue weighted by atomic mass is 32.1. The molecule has 0 unspecified atom stereocenters. The van der Waals surface area contributed by atoms with Gasteiger partial charge in [-0.3, -0.25) is 15.2 Å². The van der Waals surface area contributed by atoms with Gasteiger partial charge in [0.05, 0.1) is 46.1 Å². The summed E-state index contributed by atoms with van der Waals surface area (Å²) in [6.07, 6.45) is 0.0829. The molecule has 0 aliphatic carbocycles. The molecule has 34 heavy (non-hydrogen) atoms. The van der Waals surface area contributed by atoms with Crippen LogP contribution in [0.15, 0.2) is 41.8 Å². The summed E-state index contributed by atoms with van der Waals surface area (Å²) < 4.78 is 21.2. The first-order valence-corrected chi connectivity index (χ1v) is 11.0. The molecule has 176 valence electrons. The van der Waals surface area contributed by atoms with Crippen LogP contribution in [0.4, 0.5) is 5.95 Å². The highest BCUT2D eigenvalue weighted by Crippen LogP contribution is 2.34. The molecule has 2 aromatic carbocycles. The van der Waals surface area contributed by atoms with E-state index in [1.165, 1.54) is 11.3 Å². The molecule has 10 nitrogen and oxygen atoms in total. The van der Waals surface area contributed by atoms with E-state index in [0.29, 0.717) is 40.1 Å². The Morgan fingerprint density at radius 2 is 1.74 bits per heavy atom. The van der Waals surface area contributed by atoms with Crippen LogP contribution in [0.25, 0.3) is 22.0 Å². The molecule has 0 fully saturated rings. The van der Waals surface area contributed by atoms with Crippen molar-refractivity contribution in [2.75, 3.05) is 33.8 Å². The Morgan fingerprint density at radius 1 is 0.941 bits per heavy atom. The zero-order valence-corrected chi connectivity index (χ0v) is 19.9. The molecule has 0 saturated carbocycles. The summed E-state index contributed by atoms with van der Waals surface area (Å²) >= 11 is 1.44. The fraction of sp³-hybridized carbons (Fsp3) is 0.217. The van der Waals surface area contributed by atoms with Crippen LogP contribution in [0, 0.1) is 0 Å². The van der Waals surface area contributed by atoms with Crippen LogP contribution >= 0.6 is 11.3 Å². The van der Waals surface area contributed by atoms with Gasteiger partial charge in [0, 0.05) is 17.0 Å². The molecular weight excluding hydrogens is 458 g/mol. The molecule has 0 spiro atoms. The Morgan fingerprint density at radius 3 is 2.47 bits per heavy atom. The number of anilines is 1. The number of nitrogens with zero attached hydrogens (tertiary/aromatic N) is 3. The number of carbonyl (C=O) groups is 1. The number of ether oxygens (including phenoxy) is 4. The summed E-state index contributed by atoms with van der Waals surface area (Å²) in [5.74, 6) is 2.82. The van der Waals surface area contributed by atoms with Crippen molar-refractivity contribution in [3.8, 4) is 45.0 Å². The molecule has 0 atom stereocenters. The second-order valence-electron chi connectivity index (χ2n) is 7.01. The largest absolute Gasteiger partial charge is 0.497 e. The van der Waals surface area contributed by atoms with Gasteiger partial charge in [0.15, 0.2) is 17.3 Å². The van der Waals surface area contributed by atoms with E-state index >= 15 is 0 Å². The lowest BCUT2D eigenvalue weighted by molar-refractivity contribution is -0.115. The second kappa shape index (κ2) is 10.2. The van der Waals surface area contributed by atoms with E-state index in [0.717, 1.165) is 10.6 Å². The minimum atomic E-state index is -0.281. The van der Waals surface area contributed by atoms with Crippen LogP contribution in [-0.2, 0) is 11.2 Å². The summed E-state index contributed by atoms with van der Waals surface area (Å²) in [6.45, 7) is 0. The highest BCUT2D eigenvalue weighted by Gasteiger charge is 2.15. The van der Waals surface area contributed by atoms with Gasteiger partial charge in [0.25, 0.3) is 0 Å². The Bertz CT molecular complexity index is 1300. The number of aromatic amines is 1. The zero-order chi connectivity index (χ0) is 24.1. The van der Waals surface area contributed by atoms with Gasteiger partial charge in [0.1, 0.15) is 16.5 Å². The van der Waals surface area contributed by atoms with Crippen LogP contribution in [0.1, 0.15) is 5.69 Å². The van der Waals surface area contributed by atoms with Crippen molar-refractivity contribution in [1.29, 1.82) is 0 Å². The van der Waals surface area contributed by atoms with E-state index in [9.17, 15) is 4.79 Å². The van der Waals surface area contributed by atoms with Crippen molar-refractivity contribution in [2.45, 2.75) is 6.42 Å². The molecule has 4 rings (SSSR count). The van der Waals surface area contributed by atoms with Gasteiger partial charge in [-0.2, -0.15) is 4.98 Å². The number of benzene rings is 2. The number of methoxy groups -OCH3 is 4. The van der Waals surface area contributed by atoms with E-state index in [2.05, 4.69) is 25.5 Å². The standard InChI is InChI=1S/C23H23N5O5S/c1-30-15-6-7-16(18(11-15)32-3)21-26-23(28-27-21)25-20(29)10-14-12-34-22(24-14)13-5-8-17(31-2)19(9-13)33-4/h5-9,11-12H,10H2,1-4H3,(H2,25,26,27,28,29). The molecule has 0 aliphatic heterocycles. The number of nitrogens with one attached hydrogen (secondary N) is 2. The normalized spacial score (nSPS) is 10.6. The Kier molecular flexibility index (Phi) is 6.93. The maximum absolute atomic E-state index is 12.5. The highest BCUT2D eigenvalue weighted by molar-refractivity contribution is 7.13. The molecule has 2 aromatic heterocycles. The number of hydrogen-bond acceptors (Lipinski definition) is 9. The van der Waals surface area contributed by atoms with Crippen LogP contribution < -0.4 is 24.3 Å². The number of aromatic nitrogens is 4. The maximum atomic E-state index is 12.5. The van der Waals surface area contributed by atoms with E-state index in [1.807, 2.05) is 23.6 Å². The zero-order valence-electron chi connectivity index (χ0n) is 19.0. The third-order valence-electron chi connectivity index (χ3n) is 4.92. The third-order valence-corrected chi connectivity index (χ3v) is 5.86. The van der Waals surface area contributed by atoms with E-state index < -0.39 is 0 Å². The van der Waals surface area contributed by atoms with Crippen LogP contribution in [0.3, 0.4) is 0 Å². The molecular formula is C23H23N5O5S. The first kappa shape index (κ1) is 23.1. The van der Waals surface area contributed by atoms with Crippen LogP contribution in [-0.4, -0.2) is 54.5 Å². The summed E-state index contributed by atoms with van der Waals surface area (Å²) in [7, 11) is 6.30. The number of H-pyrrole nitrogens is 1. The van der Waals surface area contributed by atoms with Gasteiger partial charge in [-0.15, -0.1) is 16.4 Å². The molecule has 2 N–H and O–H groups in total. The third kappa shape index (κ3) is 4.94. The summed E-state index contributed by atoms with van der Waals surface area (Å²) in [4.78, 5) is 21.5. The van der Waals surface area contributed by atoms with E-state index in [4.69, 9.17) is 18.9 Å². The Labute approximate surface area is 199 Å². The molecule has 11 heteroatoms. The van der Waals surface area contributed by atoms with Gasteiger partial charge < -0.3 is 18.9 Å². The van der Waals surface area contributed by atoms with Crippen molar-refractivity contribution < 1.29 is 23.7 Å². The predicted octanol–water partition coefficient (Wildman–Crippen LogP) is 3.81. The Balaban J connectivity index is 1.43.